The van der Waals surface area contributed by atoms with Crippen LogP contribution in [0.25, 0.3) is 0 Å². The maximum absolute atomic E-state index is 11.9. The number of sulfonamides is 1. The van der Waals surface area contributed by atoms with Crippen molar-refractivity contribution in [3.8, 4) is 0 Å². The fourth-order valence-corrected chi connectivity index (χ4v) is 3.91. The highest BCUT2D eigenvalue weighted by Crippen LogP contribution is 2.27. The van der Waals surface area contributed by atoms with Crippen molar-refractivity contribution >= 4 is 15.7 Å². The minimum absolute atomic E-state index is 0.106. The molecule has 0 saturated heterocycles. The van der Waals surface area contributed by atoms with Gasteiger partial charge in [-0.1, -0.05) is 19.8 Å². The van der Waals surface area contributed by atoms with Gasteiger partial charge in [-0.05, 0) is 37.1 Å². The van der Waals surface area contributed by atoms with Gasteiger partial charge in [0.25, 0.3) is 0 Å². The Hall–Kier alpha value is -1.11. The largest absolute Gasteiger partial charge is 0.391 e. The fraction of sp³-hybridized carbons (Fsp3) is 0.600. The molecule has 2 unspecified atom stereocenters. The molecule has 21 heavy (non-hydrogen) atoms. The van der Waals surface area contributed by atoms with Gasteiger partial charge in [-0.15, -0.1) is 0 Å². The van der Waals surface area contributed by atoms with Gasteiger partial charge in [0.2, 0.25) is 10.0 Å². The topological polar surface area (TPSA) is 69.6 Å². The Kier molecular flexibility index (Phi) is 5.24. The maximum atomic E-state index is 11.9. The lowest BCUT2D eigenvalue weighted by atomic mass is 9.91. The van der Waals surface area contributed by atoms with E-state index in [4.69, 9.17) is 0 Å². The van der Waals surface area contributed by atoms with Gasteiger partial charge in [0.1, 0.15) is 0 Å². The molecule has 0 amide bonds. The first kappa shape index (κ1) is 16.3. The lowest BCUT2D eigenvalue weighted by Crippen LogP contribution is -2.43. The molecule has 0 aromatic heterocycles. The van der Waals surface area contributed by atoms with Crippen molar-refractivity contribution in [2.75, 3.05) is 18.5 Å². The zero-order chi connectivity index (χ0) is 15.5. The number of hydrogen-bond acceptors (Lipinski definition) is 4. The Balaban J connectivity index is 2.15. The number of nitrogens with zero attached hydrogens (tertiary/aromatic N) is 1. The molecule has 1 aliphatic rings. The van der Waals surface area contributed by atoms with E-state index in [-0.39, 0.29) is 17.0 Å². The average Bonchev–Trinajstić information content (AvgIpc) is 2.47. The van der Waals surface area contributed by atoms with Gasteiger partial charge in [-0.3, -0.25) is 0 Å². The molecule has 0 heterocycles. The molecule has 1 aliphatic carbocycles. The summed E-state index contributed by atoms with van der Waals surface area (Å²) in [5.41, 5.74) is 0.927. The summed E-state index contributed by atoms with van der Waals surface area (Å²) in [5, 5.41) is 10.1. The van der Waals surface area contributed by atoms with Crippen LogP contribution in [0.1, 0.15) is 32.6 Å². The number of anilines is 1. The van der Waals surface area contributed by atoms with Gasteiger partial charge in [-0.25, -0.2) is 13.1 Å². The molecular formula is C15H24N2O3S. The average molecular weight is 312 g/mol. The summed E-state index contributed by atoms with van der Waals surface area (Å²) in [6, 6.07) is 6.92. The van der Waals surface area contributed by atoms with E-state index in [2.05, 4.69) is 4.72 Å². The van der Waals surface area contributed by atoms with Crippen molar-refractivity contribution in [1.82, 2.24) is 4.72 Å². The Bertz CT molecular complexity index is 557. The van der Waals surface area contributed by atoms with Gasteiger partial charge in [0, 0.05) is 19.3 Å². The van der Waals surface area contributed by atoms with Crippen LogP contribution in [-0.4, -0.2) is 39.3 Å². The van der Waals surface area contributed by atoms with Crippen molar-refractivity contribution < 1.29 is 13.5 Å². The predicted octanol–water partition coefficient (Wildman–Crippen LogP) is 1.72. The summed E-state index contributed by atoms with van der Waals surface area (Å²) >= 11 is 0. The molecule has 0 aliphatic heterocycles. The van der Waals surface area contributed by atoms with Gasteiger partial charge in [0.15, 0.2) is 0 Å². The van der Waals surface area contributed by atoms with Gasteiger partial charge < -0.3 is 10.0 Å². The number of rotatable bonds is 5. The molecule has 1 aromatic rings. The van der Waals surface area contributed by atoms with E-state index in [1.165, 1.54) is 0 Å². The molecule has 5 nitrogen and oxygen atoms in total. The van der Waals surface area contributed by atoms with E-state index >= 15 is 0 Å². The second kappa shape index (κ2) is 6.77. The number of aliphatic hydroxyl groups is 1. The highest BCUT2D eigenvalue weighted by atomic mass is 32.2. The van der Waals surface area contributed by atoms with Crippen LogP contribution in [-0.2, 0) is 10.0 Å². The van der Waals surface area contributed by atoms with E-state index in [9.17, 15) is 13.5 Å². The Morgan fingerprint density at radius 1 is 1.24 bits per heavy atom. The van der Waals surface area contributed by atoms with Crippen LogP contribution in [0.3, 0.4) is 0 Å². The van der Waals surface area contributed by atoms with Crippen LogP contribution < -0.4 is 9.62 Å². The first-order chi connectivity index (χ1) is 9.95. The van der Waals surface area contributed by atoms with Gasteiger partial charge >= 0.3 is 0 Å². The number of aliphatic hydroxyl groups excluding tert-OH is 1. The van der Waals surface area contributed by atoms with Crippen molar-refractivity contribution in [3.63, 3.8) is 0 Å². The molecule has 1 aromatic carbocycles. The van der Waals surface area contributed by atoms with Crippen molar-refractivity contribution in [2.24, 2.45) is 0 Å². The molecule has 2 atom stereocenters. The Labute approximate surface area is 127 Å². The molecule has 2 N–H and O–H groups in total. The summed E-state index contributed by atoms with van der Waals surface area (Å²) in [6.45, 7) is 2.13. The molecule has 2 rings (SSSR count). The molecule has 0 radical (unpaired) electrons. The lowest BCUT2D eigenvalue weighted by molar-refractivity contribution is 0.106. The number of benzene rings is 1. The summed E-state index contributed by atoms with van der Waals surface area (Å²) < 4.78 is 26.3. The number of nitrogens with one attached hydrogen (secondary N) is 1. The third-order valence-electron chi connectivity index (χ3n) is 4.08. The van der Waals surface area contributed by atoms with Crippen LogP contribution in [0, 0.1) is 0 Å². The van der Waals surface area contributed by atoms with Crippen LogP contribution in [0.5, 0.6) is 0 Å². The van der Waals surface area contributed by atoms with E-state index < -0.39 is 10.0 Å². The van der Waals surface area contributed by atoms with E-state index in [0.717, 1.165) is 31.4 Å². The molecule has 1 fully saturated rings. The molecule has 0 bridgehead atoms. The number of hydrogen-bond donors (Lipinski definition) is 2. The summed E-state index contributed by atoms with van der Waals surface area (Å²) in [6.07, 6.45) is 3.69. The Morgan fingerprint density at radius 2 is 1.86 bits per heavy atom. The maximum Gasteiger partial charge on any atom is 0.240 e. The van der Waals surface area contributed by atoms with E-state index in [1.54, 1.807) is 31.2 Å². The monoisotopic (exact) mass is 312 g/mol. The molecule has 6 heteroatoms. The normalized spacial score (nSPS) is 23.0. The Morgan fingerprint density at radius 3 is 2.43 bits per heavy atom. The lowest BCUT2D eigenvalue weighted by Gasteiger charge is -2.36. The molecule has 118 valence electrons. The summed E-state index contributed by atoms with van der Waals surface area (Å²) in [4.78, 5) is 2.32. The van der Waals surface area contributed by atoms with Crippen LogP contribution >= 0.6 is 0 Å². The minimum atomic E-state index is -3.41. The third kappa shape index (κ3) is 3.75. The highest BCUT2D eigenvalue weighted by molar-refractivity contribution is 7.89. The van der Waals surface area contributed by atoms with Gasteiger partial charge in [0.05, 0.1) is 17.0 Å². The number of likely N-dealkylation sites (N-methyl/N-ethyl adjacent to an activating group) is 1. The second-order valence-corrected chi connectivity index (χ2v) is 7.29. The smallest absolute Gasteiger partial charge is 0.240 e. The second-order valence-electron chi connectivity index (χ2n) is 5.53. The standard InChI is InChI=1S/C15H24N2O3S/c1-3-16-21(19,20)13-10-8-12(9-11-13)17(2)14-6-4-5-7-15(14)18/h8-11,14-16,18H,3-7H2,1-2H3. The van der Waals surface area contributed by atoms with Crippen LogP contribution in [0.4, 0.5) is 5.69 Å². The van der Waals surface area contributed by atoms with Gasteiger partial charge in [-0.2, -0.15) is 0 Å². The van der Waals surface area contributed by atoms with E-state index in [0.29, 0.717) is 6.54 Å². The quantitative estimate of drug-likeness (QED) is 0.868. The molecule has 0 spiro atoms. The predicted molar refractivity (Wildman–Crippen MR) is 84.0 cm³/mol. The minimum Gasteiger partial charge on any atom is -0.391 e. The van der Waals surface area contributed by atoms with Crippen LogP contribution in [0.2, 0.25) is 0 Å². The zero-order valence-electron chi connectivity index (χ0n) is 12.6. The fourth-order valence-electron chi connectivity index (χ4n) is 2.87. The third-order valence-corrected chi connectivity index (χ3v) is 5.64. The van der Waals surface area contributed by atoms with Crippen molar-refractivity contribution in [1.29, 1.82) is 0 Å². The zero-order valence-corrected chi connectivity index (χ0v) is 13.4. The SMILES string of the molecule is CCNS(=O)(=O)c1ccc(N(C)C2CCCCC2O)cc1. The molecular weight excluding hydrogens is 288 g/mol. The van der Waals surface area contributed by atoms with Crippen molar-refractivity contribution in [2.45, 2.75) is 49.6 Å². The van der Waals surface area contributed by atoms with E-state index in [1.807, 2.05) is 11.9 Å². The highest BCUT2D eigenvalue weighted by Gasteiger charge is 2.27. The van der Waals surface area contributed by atoms with Crippen LogP contribution in [0.15, 0.2) is 29.2 Å². The summed E-state index contributed by atoms with van der Waals surface area (Å²) in [5.74, 6) is 0. The first-order valence-electron chi connectivity index (χ1n) is 7.46. The first-order valence-corrected chi connectivity index (χ1v) is 8.94. The van der Waals surface area contributed by atoms with Crippen molar-refractivity contribution in [3.05, 3.63) is 24.3 Å². The molecule has 1 saturated carbocycles. The summed E-state index contributed by atoms with van der Waals surface area (Å²) in [7, 11) is -1.45.